The molecule has 2 rings (SSSR count). The van der Waals surface area contributed by atoms with Crippen LogP contribution in [0.15, 0.2) is 0 Å². The van der Waals surface area contributed by atoms with Crippen LogP contribution in [0.25, 0.3) is 9.88 Å². The molecular weight excluding hydrogens is 278 g/mol. The van der Waals surface area contributed by atoms with E-state index in [-0.39, 0.29) is 0 Å². The van der Waals surface area contributed by atoms with Crippen LogP contribution in [-0.2, 0) is 12.8 Å². The normalized spacial score (nSPS) is 11.4. The Bertz CT molecular complexity index is 506. The summed E-state index contributed by atoms with van der Waals surface area (Å²) in [5.41, 5.74) is 1.02. The van der Waals surface area contributed by atoms with Crippen molar-refractivity contribution in [3.05, 3.63) is 10.7 Å². The second kappa shape index (κ2) is 7.02. The molecule has 7 heteroatoms. The third kappa shape index (κ3) is 4.02. The van der Waals surface area contributed by atoms with Crippen LogP contribution in [0.3, 0.4) is 0 Å². The van der Waals surface area contributed by atoms with Gasteiger partial charge >= 0.3 is 0 Å². The summed E-state index contributed by atoms with van der Waals surface area (Å²) >= 11 is 3.07. The van der Waals surface area contributed by atoms with Gasteiger partial charge in [0.2, 0.25) is 0 Å². The Morgan fingerprint density at radius 1 is 1.21 bits per heavy atom. The lowest BCUT2D eigenvalue weighted by Crippen LogP contribution is -2.23. The molecule has 0 aliphatic heterocycles. The molecule has 1 N–H and O–H groups in total. The van der Waals surface area contributed by atoms with Crippen molar-refractivity contribution in [2.45, 2.75) is 46.1 Å². The van der Waals surface area contributed by atoms with Gasteiger partial charge in [-0.1, -0.05) is 36.6 Å². The van der Waals surface area contributed by atoms with Crippen molar-refractivity contribution in [1.29, 1.82) is 0 Å². The summed E-state index contributed by atoms with van der Waals surface area (Å²) in [6.45, 7) is 7.42. The average Bonchev–Trinajstić information content (AvgIpc) is 3.02. The van der Waals surface area contributed by atoms with Gasteiger partial charge in [-0.15, -0.1) is 15.3 Å². The Morgan fingerprint density at radius 2 is 2.05 bits per heavy atom. The fourth-order valence-corrected chi connectivity index (χ4v) is 3.39. The first-order chi connectivity index (χ1) is 9.20. The number of hydrogen-bond donors (Lipinski definition) is 1. The summed E-state index contributed by atoms with van der Waals surface area (Å²) in [7, 11) is 0. The Hall–Kier alpha value is -0.920. The Balaban J connectivity index is 1.92. The molecule has 0 aromatic carbocycles. The van der Waals surface area contributed by atoms with Crippen molar-refractivity contribution >= 4 is 22.9 Å². The van der Waals surface area contributed by atoms with Gasteiger partial charge in [-0.3, -0.25) is 0 Å². The Labute approximate surface area is 121 Å². The molecule has 0 atom stereocenters. The molecule has 0 fully saturated rings. The van der Waals surface area contributed by atoms with Gasteiger partial charge in [-0.05, 0) is 30.9 Å². The van der Waals surface area contributed by atoms with E-state index in [1.165, 1.54) is 11.5 Å². The second-order valence-corrected chi connectivity index (χ2v) is 6.43. The van der Waals surface area contributed by atoms with Gasteiger partial charge in [0, 0.05) is 12.5 Å². The lowest BCUT2D eigenvalue weighted by Gasteiger charge is -2.05. The van der Waals surface area contributed by atoms with Crippen LogP contribution in [0.2, 0.25) is 0 Å². The van der Waals surface area contributed by atoms with Gasteiger partial charge in [0.25, 0.3) is 0 Å². The summed E-state index contributed by atoms with van der Waals surface area (Å²) in [5.74, 6) is 0. The van der Waals surface area contributed by atoms with E-state index in [1.807, 2.05) is 0 Å². The van der Waals surface area contributed by atoms with Crippen LogP contribution in [0, 0.1) is 0 Å². The molecule has 0 amide bonds. The number of nitrogens with one attached hydrogen (secondary N) is 1. The van der Waals surface area contributed by atoms with Gasteiger partial charge in [0.05, 0.1) is 5.69 Å². The summed E-state index contributed by atoms with van der Waals surface area (Å²) in [6, 6.07) is 0.542. The zero-order valence-corrected chi connectivity index (χ0v) is 13.1. The number of aromatic nitrogens is 4. The van der Waals surface area contributed by atoms with E-state index < -0.39 is 0 Å². The SMILES string of the molecule is CCc1nnsc1-c1nnc(CCCNC(C)C)s1. The van der Waals surface area contributed by atoms with E-state index in [4.69, 9.17) is 0 Å². The van der Waals surface area contributed by atoms with Crippen LogP contribution in [0.1, 0.15) is 37.9 Å². The van der Waals surface area contributed by atoms with Crippen LogP contribution in [0.4, 0.5) is 0 Å². The lowest BCUT2D eigenvalue weighted by atomic mass is 10.3. The first-order valence-electron chi connectivity index (χ1n) is 6.58. The Kier molecular flexibility index (Phi) is 5.35. The molecule has 2 aromatic rings. The maximum absolute atomic E-state index is 4.26. The molecule has 0 aliphatic rings. The lowest BCUT2D eigenvalue weighted by molar-refractivity contribution is 0.569. The number of aryl methyl sites for hydroxylation is 2. The second-order valence-electron chi connectivity index (χ2n) is 4.62. The van der Waals surface area contributed by atoms with Crippen LogP contribution >= 0.6 is 22.9 Å². The predicted octanol–water partition coefficient (Wildman–Crippen LogP) is 2.55. The zero-order chi connectivity index (χ0) is 13.7. The molecule has 19 heavy (non-hydrogen) atoms. The highest BCUT2D eigenvalue weighted by Gasteiger charge is 2.13. The molecule has 0 aliphatic carbocycles. The van der Waals surface area contributed by atoms with Crippen molar-refractivity contribution in [2.24, 2.45) is 0 Å². The van der Waals surface area contributed by atoms with Crippen LogP contribution in [-0.4, -0.2) is 32.4 Å². The molecule has 0 unspecified atom stereocenters. The highest BCUT2D eigenvalue weighted by atomic mass is 32.1. The first-order valence-corrected chi connectivity index (χ1v) is 8.17. The third-order valence-corrected chi connectivity index (χ3v) is 4.58. The Morgan fingerprint density at radius 3 is 2.79 bits per heavy atom. The highest BCUT2D eigenvalue weighted by molar-refractivity contribution is 7.19. The van der Waals surface area contributed by atoms with E-state index in [0.29, 0.717) is 6.04 Å². The topological polar surface area (TPSA) is 63.6 Å². The maximum atomic E-state index is 4.26. The molecule has 0 saturated carbocycles. The van der Waals surface area contributed by atoms with Crippen LogP contribution in [0.5, 0.6) is 0 Å². The monoisotopic (exact) mass is 297 g/mol. The minimum absolute atomic E-state index is 0.542. The fraction of sp³-hybridized carbons (Fsp3) is 0.667. The zero-order valence-electron chi connectivity index (χ0n) is 11.5. The molecule has 104 valence electrons. The van der Waals surface area contributed by atoms with Gasteiger partial charge < -0.3 is 5.32 Å². The molecule has 0 radical (unpaired) electrons. The van der Waals surface area contributed by atoms with Gasteiger partial charge in [0.1, 0.15) is 9.88 Å². The van der Waals surface area contributed by atoms with Gasteiger partial charge in [-0.25, -0.2) is 0 Å². The third-order valence-electron chi connectivity index (χ3n) is 2.67. The number of nitrogens with zero attached hydrogens (tertiary/aromatic N) is 4. The van der Waals surface area contributed by atoms with E-state index in [0.717, 1.165) is 46.4 Å². The van der Waals surface area contributed by atoms with Crippen molar-refractivity contribution in [3.8, 4) is 9.88 Å². The van der Waals surface area contributed by atoms with Gasteiger partial charge in [0.15, 0.2) is 5.01 Å². The molecule has 2 heterocycles. The minimum atomic E-state index is 0.542. The van der Waals surface area contributed by atoms with Crippen molar-refractivity contribution in [1.82, 2.24) is 25.1 Å². The molecule has 0 saturated heterocycles. The van der Waals surface area contributed by atoms with Gasteiger partial charge in [-0.2, -0.15) is 0 Å². The smallest absolute Gasteiger partial charge is 0.161 e. The standard InChI is InChI=1S/C12H19N5S2/c1-4-9-11(19-17-14-9)12-16-15-10(18-12)6-5-7-13-8(2)3/h8,13H,4-7H2,1-3H3. The minimum Gasteiger partial charge on any atom is -0.315 e. The molecule has 0 spiro atoms. The van der Waals surface area contributed by atoms with E-state index >= 15 is 0 Å². The summed E-state index contributed by atoms with van der Waals surface area (Å²) < 4.78 is 3.99. The summed E-state index contributed by atoms with van der Waals surface area (Å²) in [4.78, 5) is 1.08. The first kappa shape index (κ1) is 14.5. The van der Waals surface area contributed by atoms with Crippen molar-refractivity contribution in [3.63, 3.8) is 0 Å². The predicted molar refractivity (Wildman–Crippen MR) is 79.6 cm³/mol. The molecule has 5 nitrogen and oxygen atoms in total. The van der Waals surface area contributed by atoms with E-state index in [2.05, 4.69) is 45.9 Å². The molecule has 0 bridgehead atoms. The van der Waals surface area contributed by atoms with E-state index in [1.54, 1.807) is 11.3 Å². The number of hydrogen-bond acceptors (Lipinski definition) is 7. The maximum Gasteiger partial charge on any atom is 0.161 e. The largest absolute Gasteiger partial charge is 0.315 e. The fourth-order valence-electron chi connectivity index (χ4n) is 1.68. The summed E-state index contributed by atoms with van der Waals surface area (Å²) in [6.07, 6.45) is 2.96. The van der Waals surface area contributed by atoms with Crippen LogP contribution < -0.4 is 5.32 Å². The summed E-state index contributed by atoms with van der Waals surface area (Å²) in [5, 5.41) is 18.1. The molecular formula is C12H19N5S2. The quantitative estimate of drug-likeness (QED) is 0.796. The molecule has 2 aromatic heterocycles. The van der Waals surface area contributed by atoms with Crippen molar-refractivity contribution in [2.75, 3.05) is 6.54 Å². The van der Waals surface area contributed by atoms with Crippen molar-refractivity contribution < 1.29 is 0 Å². The number of rotatable bonds is 7. The van der Waals surface area contributed by atoms with E-state index in [9.17, 15) is 0 Å². The average molecular weight is 297 g/mol. The highest BCUT2D eigenvalue weighted by Crippen LogP contribution is 2.29.